The van der Waals surface area contributed by atoms with E-state index in [-0.39, 0.29) is 17.3 Å². The molecule has 1 aliphatic rings. The molecule has 0 bridgehead atoms. The highest BCUT2D eigenvalue weighted by atomic mass is 19.1. The maximum Gasteiger partial charge on any atom is 0.186 e. The summed E-state index contributed by atoms with van der Waals surface area (Å²) in [6.07, 6.45) is 3.19. The summed E-state index contributed by atoms with van der Waals surface area (Å²) in [6, 6.07) is 5.42. The van der Waals surface area contributed by atoms with Crippen molar-refractivity contribution < 1.29 is 13.9 Å². The fraction of sp³-hybridized carbons (Fsp3) is 0.381. The van der Waals surface area contributed by atoms with E-state index in [4.69, 9.17) is 4.74 Å². The quantitative estimate of drug-likeness (QED) is 0.595. The van der Waals surface area contributed by atoms with Gasteiger partial charge in [0.25, 0.3) is 0 Å². The van der Waals surface area contributed by atoms with Crippen LogP contribution in [0.25, 0.3) is 22.4 Å². The number of benzene rings is 1. The predicted octanol–water partition coefficient (Wildman–Crippen LogP) is 3.40. The summed E-state index contributed by atoms with van der Waals surface area (Å²) in [7, 11) is 1.57. The molecule has 1 fully saturated rings. The molecule has 29 heavy (non-hydrogen) atoms. The fourth-order valence-corrected chi connectivity index (χ4v) is 3.74. The second kappa shape index (κ2) is 8.16. The minimum absolute atomic E-state index is 0.153. The van der Waals surface area contributed by atoms with Crippen LogP contribution in [-0.2, 0) is 0 Å². The second-order valence-electron chi connectivity index (χ2n) is 7.21. The Hall–Kier alpha value is -3.00. The lowest BCUT2D eigenvalue weighted by Gasteiger charge is -2.16. The van der Waals surface area contributed by atoms with Crippen molar-refractivity contribution in [2.24, 2.45) is 0 Å². The van der Waals surface area contributed by atoms with Crippen LogP contribution in [-0.4, -0.2) is 59.4 Å². The van der Waals surface area contributed by atoms with Crippen LogP contribution >= 0.6 is 0 Å². The van der Waals surface area contributed by atoms with E-state index in [1.165, 1.54) is 12.8 Å². The molecule has 2 aromatic heterocycles. The van der Waals surface area contributed by atoms with Gasteiger partial charge in [-0.05, 0) is 51.1 Å². The number of nitrogens with zero attached hydrogens (tertiary/aromatic N) is 3. The van der Waals surface area contributed by atoms with Gasteiger partial charge >= 0.3 is 0 Å². The first-order valence-corrected chi connectivity index (χ1v) is 9.76. The first kappa shape index (κ1) is 19.3. The minimum atomic E-state index is -0.472. The number of likely N-dealkylation sites (tertiary alicyclic amines) is 1. The maximum absolute atomic E-state index is 14.6. The molecule has 7 nitrogen and oxygen atoms in total. The first-order valence-electron chi connectivity index (χ1n) is 9.76. The van der Waals surface area contributed by atoms with E-state index in [0.717, 1.165) is 31.4 Å². The van der Waals surface area contributed by atoms with Crippen LogP contribution in [0.4, 0.5) is 10.2 Å². The number of fused-ring (bicyclic) bond motifs is 1. The molecule has 1 aromatic carbocycles. The van der Waals surface area contributed by atoms with Crippen molar-refractivity contribution in [3.05, 3.63) is 35.3 Å². The number of methoxy groups -OCH3 is 1. The SMILES string of the molecule is COc1ccc2[nH]c(-c3nc(C)c(F)c(NCCN4CCCC4)n3)c(C=O)c2c1. The van der Waals surface area contributed by atoms with Crippen LogP contribution in [0.1, 0.15) is 28.9 Å². The van der Waals surface area contributed by atoms with Crippen LogP contribution < -0.4 is 10.1 Å². The Labute approximate surface area is 168 Å². The molecule has 1 saturated heterocycles. The number of aromatic nitrogens is 3. The summed E-state index contributed by atoms with van der Waals surface area (Å²) in [6.45, 7) is 5.19. The van der Waals surface area contributed by atoms with Crippen molar-refractivity contribution in [3.63, 3.8) is 0 Å². The smallest absolute Gasteiger partial charge is 0.186 e. The monoisotopic (exact) mass is 397 g/mol. The minimum Gasteiger partial charge on any atom is -0.497 e. The number of hydrogen-bond donors (Lipinski definition) is 2. The lowest BCUT2D eigenvalue weighted by atomic mass is 10.1. The lowest BCUT2D eigenvalue weighted by molar-refractivity contribution is 0.112. The highest BCUT2D eigenvalue weighted by molar-refractivity contribution is 6.04. The molecule has 3 aromatic rings. The number of rotatable bonds is 7. The van der Waals surface area contributed by atoms with E-state index in [1.807, 2.05) is 6.07 Å². The van der Waals surface area contributed by atoms with E-state index < -0.39 is 5.82 Å². The number of ether oxygens (including phenoxy) is 1. The number of hydrogen-bond acceptors (Lipinski definition) is 6. The maximum atomic E-state index is 14.6. The Bertz CT molecular complexity index is 1040. The largest absolute Gasteiger partial charge is 0.497 e. The highest BCUT2D eigenvalue weighted by Crippen LogP contribution is 2.31. The second-order valence-corrected chi connectivity index (χ2v) is 7.21. The third kappa shape index (κ3) is 3.80. The van der Waals surface area contributed by atoms with Crippen LogP contribution in [0, 0.1) is 12.7 Å². The van der Waals surface area contributed by atoms with E-state index in [0.29, 0.717) is 28.9 Å². The molecule has 0 aliphatic carbocycles. The zero-order valence-corrected chi connectivity index (χ0v) is 16.6. The molecule has 2 N–H and O–H groups in total. The zero-order valence-electron chi connectivity index (χ0n) is 16.6. The number of carbonyl (C=O) groups excluding carboxylic acids is 1. The van der Waals surface area contributed by atoms with E-state index in [1.54, 1.807) is 26.2 Å². The summed E-state index contributed by atoms with van der Waals surface area (Å²) >= 11 is 0. The number of aryl methyl sites for hydroxylation is 1. The molecule has 8 heteroatoms. The number of aldehydes is 1. The number of aromatic amines is 1. The van der Waals surface area contributed by atoms with Crippen LogP contribution in [0.2, 0.25) is 0 Å². The molecule has 3 heterocycles. The highest BCUT2D eigenvalue weighted by Gasteiger charge is 2.19. The molecule has 0 unspecified atom stereocenters. The van der Waals surface area contributed by atoms with Crippen molar-refractivity contribution in [2.45, 2.75) is 19.8 Å². The number of anilines is 1. The average molecular weight is 397 g/mol. The zero-order chi connectivity index (χ0) is 20.4. The van der Waals surface area contributed by atoms with Crippen molar-refractivity contribution in [1.82, 2.24) is 19.9 Å². The van der Waals surface area contributed by atoms with Gasteiger partial charge in [0.05, 0.1) is 24.1 Å². The van der Waals surface area contributed by atoms with E-state index in [2.05, 4.69) is 25.2 Å². The Morgan fingerprint density at radius 1 is 1.31 bits per heavy atom. The van der Waals surface area contributed by atoms with Gasteiger partial charge in [0.15, 0.2) is 23.7 Å². The topological polar surface area (TPSA) is 83.1 Å². The van der Waals surface area contributed by atoms with Gasteiger partial charge in [-0.2, -0.15) is 0 Å². The van der Waals surface area contributed by atoms with Gasteiger partial charge in [0.1, 0.15) is 5.75 Å². The third-order valence-corrected chi connectivity index (χ3v) is 5.32. The predicted molar refractivity (Wildman–Crippen MR) is 110 cm³/mol. The van der Waals surface area contributed by atoms with E-state index in [9.17, 15) is 9.18 Å². The van der Waals surface area contributed by atoms with Crippen LogP contribution in [0.3, 0.4) is 0 Å². The van der Waals surface area contributed by atoms with Gasteiger partial charge in [-0.15, -0.1) is 0 Å². The molecule has 0 atom stereocenters. The molecule has 0 spiro atoms. The Morgan fingerprint density at radius 3 is 2.83 bits per heavy atom. The normalized spacial score (nSPS) is 14.4. The summed E-state index contributed by atoms with van der Waals surface area (Å²) in [5, 5.41) is 3.80. The van der Waals surface area contributed by atoms with Crippen LogP contribution in [0.15, 0.2) is 18.2 Å². The number of halogens is 1. The molecule has 0 amide bonds. The Balaban J connectivity index is 1.67. The Morgan fingerprint density at radius 2 is 2.10 bits per heavy atom. The molecule has 1 aliphatic heterocycles. The van der Waals surface area contributed by atoms with Gasteiger partial charge in [0, 0.05) is 24.0 Å². The lowest BCUT2D eigenvalue weighted by Crippen LogP contribution is -2.26. The van der Waals surface area contributed by atoms with Crippen molar-refractivity contribution in [1.29, 1.82) is 0 Å². The first-order chi connectivity index (χ1) is 14.1. The molecular formula is C21H24FN5O2. The molecule has 0 saturated carbocycles. The third-order valence-electron chi connectivity index (χ3n) is 5.32. The fourth-order valence-electron chi connectivity index (χ4n) is 3.74. The molecule has 0 radical (unpaired) electrons. The average Bonchev–Trinajstić information content (AvgIpc) is 3.37. The van der Waals surface area contributed by atoms with Crippen molar-refractivity contribution >= 4 is 23.0 Å². The number of H-pyrrole nitrogens is 1. The van der Waals surface area contributed by atoms with Gasteiger partial charge < -0.3 is 19.9 Å². The summed E-state index contributed by atoms with van der Waals surface area (Å²) in [4.78, 5) is 26.0. The van der Waals surface area contributed by atoms with Crippen LogP contribution in [0.5, 0.6) is 5.75 Å². The summed E-state index contributed by atoms with van der Waals surface area (Å²) in [5.74, 6) is 0.608. The van der Waals surface area contributed by atoms with Crippen molar-refractivity contribution in [3.8, 4) is 17.3 Å². The number of nitrogens with one attached hydrogen (secondary N) is 2. The number of carbonyl (C=O) groups is 1. The summed E-state index contributed by atoms with van der Waals surface area (Å²) < 4.78 is 19.8. The summed E-state index contributed by atoms with van der Waals surface area (Å²) in [5.41, 5.74) is 1.88. The standard InChI is InChI=1S/C21H24FN5O2/c1-13-18(22)20(23-7-10-27-8-3-4-9-27)26-21(24-13)19-16(12-28)15-11-14(29-2)5-6-17(15)25-19/h5-6,11-12,25H,3-4,7-10H2,1-2H3,(H,23,24,26). The van der Waals surface area contributed by atoms with Gasteiger partial charge in [-0.3, -0.25) is 4.79 Å². The van der Waals surface area contributed by atoms with Gasteiger partial charge in [0.2, 0.25) is 0 Å². The molecular weight excluding hydrogens is 373 g/mol. The molecule has 4 rings (SSSR count). The van der Waals surface area contributed by atoms with E-state index >= 15 is 0 Å². The van der Waals surface area contributed by atoms with Crippen molar-refractivity contribution in [2.75, 3.05) is 38.6 Å². The molecule has 152 valence electrons. The van der Waals surface area contributed by atoms with Gasteiger partial charge in [-0.25, -0.2) is 14.4 Å². The van der Waals surface area contributed by atoms with Gasteiger partial charge in [-0.1, -0.05) is 0 Å². The Kier molecular flexibility index (Phi) is 5.44.